The van der Waals surface area contributed by atoms with Crippen molar-refractivity contribution in [3.63, 3.8) is 0 Å². The number of aliphatic hydroxyl groups excluding tert-OH is 1. The van der Waals surface area contributed by atoms with Crippen molar-refractivity contribution in [2.75, 3.05) is 26.7 Å². The van der Waals surface area contributed by atoms with Crippen molar-refractivity contribution in [3.05, 3.63) is 53.2 Å². The highest BCUT2D eigenvalue weighted by molar-refractivity contribution is 7.89. The summed E-state index contributed by atoms with van der Waals surface area (Å²) < 4.78 is 74.1. The molecule has 13 heteroatoms. The van der Waals surface area contributed by atoms with Crippen LogP contribution in [0.25, 0.3) is 10.9 Å². The van der Waals surface area contributed by atoms with E-state index in [1.54, 1.807) is 0 Å². The zero-order valence-electron chi connectivity index (χ0n) is 19.7. The SMILES string of the molecule is CNS(=O)(=O)c1cc(C(O)CNCCOc2ccc3c(C)c(C)[nH]c3c2)ccc1OC(=O)C(F)(F)F. The number of hydrogen-bond acceptors (Lipinski definition) is 7. The fourth-order valence-electron chi connectivity index (χ4n) is 3.43. The zero-order valence-corrected chi connectivity index (χ0v) is 20.5. The fourth-order valence-corrected chi connectivity index (χ4v) is 4.32. The van der Waals surface area contributed by atoms with Crippen LogP contribution in [0.4, 0.5) is 13.2 Å². The molecule has 2 aromatic carbocycles. The number of fused-ring (bicyclic) bond motifs is 1. The molecule has 0 saturated heterocycles. The molecule has 3 aromatic rings. The van der Waals surface area contributed by atoms with Gasteiger partial charge in [0.15, 0.2) is 5.75 Å². The second-order valence-corrected chi connectivity index (χ2v) is 9.81. The Bertz CT molecular complexity index is 1360. The number of alkyl halides is 3. The van der Waals surface area contributed by atoms with Gasteiger partial charge in [-0.25, -0.2) is 17.9 Å². The maximum atomic E-state index is 12.5. The third kappa shape index (κ3) is 6.35. The van der Waals surface area contributed by atoms with E-state index in [1.165, 1.54) is 11.6 Å². The van der Waals surface area contributed by atoms with E-state index in [2.05, 4.69) is 15.0 Å². The number of aromatic amines is 1. The molecule has 0 aliphatic heterocycles. The highest BCUT2D eigenvalue weighted by Crippen LogP contribution is 2.30. The van der Waals surface area contributed by atoms with Gasteiger partial charge >= 0.3 is 12.1 Å². The Morgan fingerprint density at radius 3 is 2.56 bits per heavy atom. The summed E-state index contributed by atoms with van der Waals surface area (Å²) >= 11 is 0. The van der Waals surface area contributed by atoms with E-state index in [9.17, 15) is 31.5 Å². The Morgan fingerprint density at radius 2 is 1.89 bits per heavy atom. The van der Waals surface area contributed by atoms with E-state index >= 15 is 0 Å². The molecule has 1 atom stereocenters. The van der Waals surface area contributed by atoms with E-state index in [-0.39, 0.29) is 18.7 Å². The van der Waals surface area contributed by atoms with Crippen molar-refractivity contribution in [2.45, 2.75) is 31.0 Å². The van der Waals surface area contributed by atoms with Crippen molar-refractivity contribution >= 4 is 26.9 Å². The quantitative estimate of drug-likeness (QED) is 0.181. The van der Waals surface area contributed by atoms with Gasteiger partial charge in [0.25, 0.3) is 0 Å². The molecule has 196 valence electrons. The molecular formula is C23H26F3N3O6S. The van der Waals surface area contributed by atoms with Crippen LogP contribution in [0.1, 0.15) is 22.9 Å². The Morgan fingerprint density at radius 1 is 1.17 bits per heavy atom. The highest BCUT2D eigenvalue weighted by atomic mass is 32.2. The predicted octanol–water partition coefficient (Wildman–Crippen LogP) is 2.86. The van der Waals surface area contributed by atoms with Crippen LogP contribution in [-0.4, -0.2) is 57.4 Å². The van der Waals surface area contributed by atoms with Gasteiger partial charge < -0.3 is 24.9 Å². The van der Waals surface area contributed by atoms with Crippen LogP contribution in [0.5, 0.6) is 11.5 Å². The molecule has 1 unspecified atom stereocenters. The number of benzene rings is 2. The average molecular weight is 530 g/mol. The minimum absolute atomic E-state index is 0.00185. The number of carbonyl (C=O) groups excluding carboxylic acids is 1. The maximum absolute atomic E-state index is 12.5. The van der Waals surface area contributed by atoms with Crippen LogP contribution < -0.4 is 19.5 Å². The summed E-state index contributed by atoms with van der Waals surface area (Å²) in [5.41, 5.74) is 3.30. The molecule has 4 N–H and O–H groups in total. The predicted molar refractivity (Wildman–Crippen MR) is 125 cm³/mol. The maximum Gasteiger partial charge on any atom is 0.491 e. The molecule has 0 saturated carbocycles. The van der Waals surface area contributed by atoms with Crippen LogP contribution in [0.15, 0.2) is 41.3 Å². The molecule has 0 bridgehead atoms. The molecule has 36 heavy (non-hydrogen) atoms. The van der Waals surface area contributed by atoms with Gasteiger partial charge in [-0.15, -0.1) is 0 Å². The lowest BCUT2D eigenvalue weighted by Gasteiger charge is -2.16. The van der Waals surface area contributed by atoms with Gasteiger partial charge in [0, 0.05) is 35.8 Å². The molecule has 0 aliphatic rings. The molecule has 0 spiro atoms. The van der Waals surface area contributed by atoms with Crippen molar-refractivity contribution in [2.24, 2.45) is 0 Å². The lowest BCUT2D eigenvalue weighted by Crippen LogP contribution is -2.29. The molecule has 3 rings (SSSR count). The lowest BCUT2D eigenvalue weighted by atomic mass is 10.1. The van der Waals surface area contributed by atoms with Gasteiger partial charge in [-0.3, -0.25) is 0 Å². The highest BCUT2D eigenvalue weighted by Gasteiger charge is 2.42. The van der Waals surface area contributed by atoms with Crippen LogP contribution in [0.3, 0.4) is 0 Å². The monoisotopic (exact) mass is 529 g/mol. The number of esters is 1. The molecule has 0 aliphatic carbocycles. The Kier molecular flexibility index (Phi) is 8.29. The van der Waals surface area contributed by atoms with Crippen LogP contribution >= 0.6 is 0 Å². The minimum Gasteiger partial charge on any atom is -0.492 e. The van der Waals surface area contributed by atoms with Crippen molar-refractivity contribution in [1.29, 1.82) is 0 Å². The first kappa shape index (κ1) is 27.5. The van der Waals surface area contributed by atoms with Crippen LogP contribution in [0, 0.1) is 13.8 Å². The molecule has 0 amide bonds. The topological polar surface area (TPSA) is 130 Å². The van der Waals surface area contributed by atoms with E-state index < -0.39 is 38.9 Å². The summed E-state index contributed by atoms with van der Waals surface area (Å²) in [5.74, 6) is -2.71. The Hall–Kier alpha value is -3.13. The largest absolute Gasteiger partial charge is 0.492 e. The number of aliphatic hydroxyl groups is 1. The lowest BCUT2D eigenvalue weighted by molar-refractivity contribution is -0.189. The molecule has 0 fully saturated rings. The first-order valence-corrected chi connectivity index (χ1v) is 12.3. The van der Waals surface area contributed by atoms with Gasteiger partial charge in [0.2, 0.25) is 10.0 Å². The molecule has 0 radical (unpaired) electrons. The van der Waals surface area contributed by atoms with Crippen molar-refractivity contribution in [1.82, 2.24) is 15.0 Å². The van der Waals surface area contributed by atoms with E-state index in [1.807, 2.05) is 36.8 Å². The summed E-state index contributed by atoms with van der Waals surface area (Å²) in [6, 6.07) is 8.72. The minimum atomic E-state index is -5.31. The normalized spacial score (nSPS) is 13.1. The summed E-state index contributed by atoms with van der Waals surface area (Å²) in [6.45, 7) is 4.65. The number of nitrogens with one attached hydrogen (secondary N) is 3. The number of hydrogen-bond donors (Lipinski definition) is 4. The van der Waals surface area contributed by atoms with Gasteiger partial charge in [-0.1, -0.05) is 6.07 Å². The fraction of sp³-hybridized carbons (Fsp3) is 0.348. The molecule has 1 aromatic heterocycles. The molecular weight excluding hydrogens is 503 g/mol. The van der Waals surface area contributed by atoms with Gasteiger partial charge in [0.05, 0.1) is 6.10 Å². The van der Waals surface area contributed by atoms with E-state index in [0.717, 1.165) is 35.8 Å². The number of carbonyl (C=O) groups is 1. The second-order valence-electron chi connectivity index (χ2n) is 7.95. The van der Waals surface area contributed by atoms with E-state index in [0.29, 0.717) is 12.3 Å². The van der Waals surface area contributed by atoms with Crippen molar-refractivity contribution in [3.8, 4) is 11.5 Å². The first-order valence-electron chi connectivity index (χ1n) is 10.8. The van der Waals surface area contributed by atoms with Gasteiger partial charge in [-0.05, 0) is 56.3 Å². The second kappa shape index (κ2) is 10.9. The summed E-state index contributed by atoms with van der Waals surface area (Å²) in [4.78, 5) is 13.7. The zero-order chi connectivity index (χ0) is 26.7. The van der Waals surface area contributed by atoms with Gasteiger partial charge in [0.1, 0.15) is 17.3 Å². The number of aromatic nitrogens is 1. The smallest absolute Gasteiger partial charge is 0.491 e. The number of sulfonamides is 1. The summed E-state index contributed by atoms with van der Waals surface area (Å²) in [7, 11) is -3.25. The summed E-state index contributed by atoms with van der Waals surface area (Å²) in [5, 5.41) is 14.5. The number of rotatable bonds is 10. The first-order chi connectivity index (χ1) is 16.8. The third-order valence-electron chi connectivity index (χ3n) is 5.51. The number of halogens is 3. The Balaban J connectivity index is 1.60. The number of ether oxygens (including phenoxy) is 2. The molecule has 1 heterocycles. The Labute approximate surface area is 205 Å². The van der Waals surface area contributed by atoms with Gasteiger partial charge in [-0.2, -0.15) is 13.2 Å². The number of H-pyrrole nitrogens is 1. The third-order valence-corrected chi connectivity index (χ3v) is 6.95. The summed E-state index contributed by atoms with van der Waals surface area (Å²) in [6.07, 6.45) is -6.51. The number of aryl methyl sites for hydroxylation is 2. The van der Waals surface area contributed by atoms with Crippen molar-refractivity contribution < 1.29 is 41.0 Å². The van der Waals surface area contributed by atoms with Crippen LogP contribution in [-0.2, 0) is 14.8 Å². The standard InChI is InChI=1S/C23H26F3N3O6S/c1-13-14(2)29-18-11-16(5-6-17(13)18)34-9-8-28-12-19(30)15-4-7-20(35-22(31)23(24,25)26)21(10-15)36(32,33)27-3/h4-7,10-11,19,27-30H,8-9,12H2,1-3H3. The average Bonchev–Trinajstić information content (AvgIpc) is 3.10. The van der Waals surface area contributed by atoms with E-state index in [4.69, 9.17) is 4.74 Å². The van der Waals surface area contributed by atoms with Crippen LogP contribution in [0.2, 0.25) is 0 Å². The molecule has 9 nitrogen and oxygen atoms in total.